The fourth-order valence-corrected chi connectivity index (χ4v) is 1.93. The van der Waals surface area contributed by atoms with Crippen LogP contribution in [0.5, 0.6) is 0 Å². The summed E-state index contributed by atoms with van der Waals surface area (Å²) in [5, 5.41) is 0. The largest absolute Gasteiger partial charge is 0.289 e. The summed E-state index contributed by atoms with van der Waals surface area (Å²) in [5.41, 5.74) is 1.78. The molecule has 74 valence electrons. The lowest BCUT2D eigenvalue weighted by Crippen LogP contribution is -2.20. The monoisotopic (exact) mass is 206 g/mol. The van der Waals surface area contributed by atoms with Gasteiger partial charge in [0, 0.05) is 22.3 Å². The van der Waals surface area contributed by atoms with Gasteiger partial charge in [-0.25, -0.2) is 0 Å². The van der Waals surface area contributed by atoms with Gasteiger partial charge in [0.2, 0.25) is 0 Å². The summed E-state index contributed by atoms with van der Waals surface area (Å²) >= 11 is 0. The lowest BCUT2D eigenvalue weighted by Gasteiger charge is -2.16. The van der Waals surface area contributed by atoms with Gasteiger partial charge in [0.1, 0.15) is 0 Å². The number of carbonyl (C=O) groups is 2. The molecule has 0 saturated heterocycles. The molecular weight excluding hydrogens is 200 g/mol. The van der Waals surface area contributed by atoms with E-state index in [4.69, 9.17) is 0 Å². The highest BCUT2D eigenvalue weighted by Gasteiger charge is 2.28. The molecule has 0 atom stereocenters. The maximum Gasteiger partial charge on any atom is 0.194 e. The summed E-state index contributed by atoms with van der Waals surface area (Å²) < 4.78 is 0. The van der Waals surface area contributed by atoms with E-state index in [-0.39, 0.29) is 11.6 Å². The van der Waals surface area contributed by atoms with Crippen molar-refractivity contribution in [1.29, 1.82) is 0 Å². The van der Waals surface area contributed by atoms with Crippen LogP contribution >= 0.6 is 0 Å². The summed E-state index contributed by atoms with van der Waals surface area (Å²) in [7, 11) is 0. The van der Waals surface area contributed by atoms with Gasteiger partial charge in [0.05, 0.1) is 0 Å². The zero-order valence-electron chi connectivity index (χ0n) is 8.28. The van der Waals surface area contributed by atoms with Crippen LogP contribution in [0.25, 0.3) is 0 Å². The molecule has 0 aliphatic heterocycles. The molecule has 0 aromatic heterocycles. The lowest BCUT2D eigenvalue weighted by molar-refractivity contribution is 0.0979. The van der Waals surface area contributed by atoms with Gasteiger partial charge in [0.25, 0.3) is 0 Å². The average molecular weight is 206 g/mol. The smallest absolute Gasteiger partial charge is 0.194 e. The molecule has 0 N–H and O–H groups in total. The molecular formula is C14H6O2. The van der Waals surface area contributed by atoms with Gasteiger partial charge in [-0.05, 0) is 24.3 Å². The number of ketones is 2. The molecule has 2 aromatic rings. The predicted octanol–water partition coefficient (Wildman–Crippen LogP) is 2.06. The third-order valence-corrected chi connectivity index (χ3v) is 2.71. The molecule has 0 amide bonds. The molecule has 0 fully saturated rings. The van der Waals surface area contributed by atoms with Crippen molar-refractivity contribution in [2.24, 2.45) is 0 Å². The Morgan fingerprint density at radius 2 is 1.12 bits per heavy atom. The zero-order chi connectivity index (χ0) is 11.1. The second kappa shape index (κ2) is 3.14. The fourth-order valence-electron chi connectivity index (χ4n) is 1.93. The first kappa shape index (κ1) is 9.04. The maximum absolute atomic E-state index is 12.1. The van der Waals surface area contributed by atoms with E-state index in [2.05, 4.69) is 12.1 Å². The molecule has 2 heteroatoms. The second-order valence-electron chi connectivity index (χ2n) is 3.61. The number of benzene rings is 2. The van der Waals surface area contributed by atoms with E-state index in [0.717, 1.165) is 0 Å². The van der Waals surface area contributed by atoms with Gasteiger partial charge in [-0.3, -0.25) is 9.59 Å². The Balaban J connectivity index is 2.35. The van der Waals surface area contributed by atoms with Crippen molar-refractivity contribution in [2.45, 2.75) is 0 Å². The van der Waals surface area contributed by atoms with Crippen molar-refractivity contribution in [3.63, 3.8) is 0 Å². The minimum atomic E-state index is -0.115. The minimum Gasteiger partial charge on any atom is -0.289 e. The van der Waals surface area contributed by atoms with Crippen molar-refractivity contribution in [2.75, 3.05) is 0 Å². The van der Waals surface area contributed by atoms with Gasteiger partial charge in [-0.1, -0.05) is 24.3 Å². The summed E-state index contributed by atoms with van der Waals surface area (Å²) in [6, 6.07) is 15.3. The van der Waals surface area contributed by atoms with Gasteiger partial charge in [-0.2, -0.15) is 0 Å². The van der Waals surface area contributed by atoms with Gasteiger partial charge in [0.15, 0.2) is 11.6 Å². The Kier molecular flexibility index (Phi) is 1.77. The van der Waals surface area contributed by atoms with Crippen LogP contribution in [0.4, 0.5) is 0 Å². The van der Waals surface area contributed by atoms with E-state index in [1.807, 2.05) is 0 Å². The van der Waals surface area contributed by atoms with Crippen LogP contribution < -0.4 is 0 Å². The Bertz CT molecular complexity index is 506. The highest BCUT2D eigenvalue weighted by Crippen LogP contribution is 2.26. The predicted molar refractivity (Wildman–Crippen MR) is 57.4 cm³/mol. The van der Waals surface area contributed by atoms with Crippen LogP contribution in [0.15, 0.2) is 36.4 Å². The van der Waals surface area contributed by atoms with E-state index >= 15 is 0 Å². The lowest BCUT2D eigenvalue weighted by atomic mass is 9.84. The van der Waals surface area contributed by atoms with Crippen LogP contribution in [0.3, 0.4) is 0 Å². The molecule has 0 bridgehead atoms. The molecule has 0 unspecified atom stereocenters. The van der Waals surface area contributed by atoms with Crippen LogP contribution in [0.2, 0.25) is 0 Å². The van der Waals surface area contributed by atoms with E-state index in [9.17, 15) is 9.59 Å². The van der Waals surface area contributed by atoms with Gasteiger partial charge >= 0.3 is 0 Å². The van der Waals surface area contributed by atoms with E-state index in [0.29, 0.717) is 22.3 Å². The number of hydrogen-bond acceptors (Lipinski definition) is 2. The van der Waals surface area contributed by atoms with Crippen molar-refractivity contribution in [3.8, 4) is 0 Å². The fraction of sp³-hybridized carbons (Fsp3) is 0. The number of carbonyl (C=O) groups excluding carboxylic acids is 2. The molecule has 3 rings (SSSR count). The highest BCUT2D eigenvalue weighted by molar-refractivity contribution is 6.28. The maximum atomic E-state index is 12.1. The highest BCUT2D eigenvalue weighted by atomic mass is 16.1. The molecule has 0 spiro atoms. The summed E-state index contributed by atoms with van der Waals surface area (Å²) in [6.07, 6.45) is 0. The van der Waals surface area contributed by atoms with E-state index < -0.39 is 0 Å². The van der Waals surface area contributed by atoms with Crippen LogP contribution in [-0.2, 0) is 0 Å². The minimum absolute atomic E-state index is 0.115. The first-order valence-electron chi connectivity index (χ1n) is 4.89. The molecule has 16 heavy (non-hydrogen) atoms. The number of fused-ring (bicyclic) bond motifs is 2. The first-order chi connectivity index (χ1) is 7.79. The molecule has 0 heterocycles. The summed E-state index contributed by atoms with van der Waals surface area (Å²) in [4.78, 5) is 24.1. The third-order valence-electron chi connectivity index (χ3n) is 2.71. The van der Waals surface area contributed by atoms with Crippen LogP contribution in [0.1, 0.15) is 31.8 Å². The van der Waals surface area contributed by atoms with Gasteiger partial charge in [-0.15, -0.1) is 0 Å². The zero-order valence-corrected chi connectivity index (χ0v) is 8.28. The summed E-state index contributed by atoms with van der Waals surface area (Å²) in [6.45, 7) is 0. The van der Waals surface area contributed by atoms with Crippen molar-refractivity contribution in [3.05, 3.63) is 70.8 Å². The number of rotatable bonds is 0. The Morgan fingerprint density at radius 1 is 0.688 bits per heavy atom. The Morgan fingerprint density at radius 3 is 1.56 bits per heavy atom. The SMILES string of the molecule is O=C1c2c[c][c]cc2C(=O)c2ccccc21. The van der Waals surface area contributed by atoms with E-state index in [1.165, 1.54) is 12.1 Å². The summed E-state index contributed by atoms with van der Waals surface area (Å²) in [5.74, 6) is -0.231. The Labute approximate surface area is 92.5 Å². The standard InChI is InChI=1S/C14H6O2/c15-13-9-5-1-2-6-10(9)14(16)12-8-4-3-7-11(12)13/h1-2,5-8H. The average Bonchev–Trinajstić information content (AvgIpc) is 2.36. The van der Waals surface area contributed by atoms with Crippen LogP contribution in [0, 0.1) is 12.1 Å². The molecule has 2 nitrogen and oxygen atoms in total. The Hall–Kier alpha value is -2.22. The second-order valence-corrected chi connectivity index (χ2v) is 3.61. The van der Waals surface area contributed by atoms with Crippen LogP contribution in [-0.4, -0.2) is 11.6 Å². The van der Waals surface area contributed by atoms with Crippen molar-refractivity contribution in [1.82, 2.24) is 0 Å². The number of hydrogen-bond donors (Lipinski definition) is 0. The van der Waals surface area contributed by atoms with Crippen molar-refractivity contribution >= 4 is 11.6 Å². The molecule has 0 saturated carbocycles. The van der Waals surface area contributed by atoms with Crippen molar-refractivity contribution < 1.29 is 9.59 Å². The van der Waals surface area contributed by atoms with E-state index in [1.54, 1.807) is 24.3 Å². The molecule has 1 aliphatic carbocycles. The quantitative estimate of drug-likeness (QED) is 0.564. The normalized spacial score (nSPS) is 13.2. The van der Waals surface area contributed by atoms with Gasteiger partial charge < -0.3 is 0 Å². The molecule has 1 aliphatic rings. The molecule has 2 radical (unpaired) electrons. The first-order valence-corrected chi connectivity index (χ1v) is 4.89. The topological polar surface area (TPSA) is 34.1 Å². The molecule has 2 aromatic carbocycles. The third kappa shape index (κ3) is 1.07.